The molecule has 92 valence electrons. The summed E-state index contributed by atoms with van der Waals surface area (Å²) in [6.45, 7) is 5.83. The van der Waals surface area contributed by atoms with Crippen molar-refractivity contribution in [3.05, 3.63) is 27.4 Å². The molecule has 0 atom stereocenters. The average molecular weight is 256 g/mol. The van der Waals surface area contributed by atoms with E-state index in [0.29, 0.717) is 5.82 Å². The first-order valence-corrected chi connectivity index (χ1v) is 5.83. The minimum atomic E-state index is -0.413. The quantitative estimate of drug-likeness (QED) is 0.463. The molecule has 1 aromatic heterocycles. The maximum absolute atomic E-state index is 10.9. The summed E-state index contributed by atoms with van der Waals surface area (Å²) in [6.07, 6.45) is 0.998. The first kappa shape index (κ1) is 12.1. The van der Waals surface area contributed by atoms with E-state index in [4.69, 9.17) is 11.6 Å². The second-order valence-electron chi connectivity index (χ2n) is 5.07. The lowest BCUT2D eigenvalue weighted by molar-refractivity contribution is -0.384. The summed E-state index contributed by atoms with van der Waals surface area (Å²) in [6, 6.07) is 2.86. The molecule has 17 heavy (non-hydrogen) atoms. The van der Waals surface area contributed by atoms with Gasteiger partial charge in [0.15, 0.2) is 0 Å². The van der Waals surface area contributed by atoms with E-state index in [2.05, 4.69) is 18.8 Å². The van der Waals surface area contributed by atoms with Crippen LogP contribution in [0.4, 0.5) is 11.5 Å². The van der Waals surface area contributed by atoms with Crippen molar-refractivity contribution in [3.63, 3.8) is 0 Å². The zero-order chi connectivity index (χ0) is 12.6. The van der Waals surface area contributed by atoms with Crippen LogP contribution >= 0.6 is 11.6 Å². The van der Waals surface area contributed by atoms with Gasteiger partial charge in [-0.15, -0.1) is 0 Å². The van der Waals surface area contributed by atoms with Gasteiger partial charge in [-0.3, -0.25) is 10.1 Å². The molecule has 0 spiro atoms. The molecule has 6 heteroatoms. The highest BCUT2D eigenvalue weighted by molar-refractivity contribution is 6.29. The van der Waals surface area contributed by atoms with Crippen LogP contribution in [0.15, 0.2) is 12.1 Å². The number of halogens is 1. The van der Waals surface area contributed by atoms with E-state index >= 15 is 0 Å². The molecule has 0 radical (unpaired) electrons. The number of nitrogens with zero attached hydrogens (tertiary/aromatic N) is 3. The second kappa shape index (κ2) is 4.14. The van der Waals surface area contributed by atoms with Crippen molar-refractivity contribution in [1.82, 2.24) is 4.98 Å². The monoisotopic (exact) mass is 255 g/mol. The first-order chi connectivity index (χ1) is 7.89. The second-order valence-corrected chi connectivity index (χ2v) is 5.46. The lowest BCUT2D eigenvalue weighted by Crippen LogP contribution is -2.24. The standard InChI is InChI=1S/C11H14ClN3O2/c1-11(2)5-6-14(7-11)10-8(15(16)17)3-4-9(12)13-10/h3-4H,5-7H2,1-2H3. The molecule has 0 aromatic carbocycles. The van der Waals surface area contributed by atoms with Gasteiger partial charge in [-0.1, -0.05) is 25.4 Å². The van der Waals surface area contributed by atoms with Gasteiger partial charge in [-0.2, -0.15) is 0 Å². The minimum Gasteiger partial charge on any atom is -0.350 e. The highest BCUT2D eigenvalue weighted by Crippen LogP contribution is 2.36. The van der Waals surface area contributed by atoms with Crippen molar-refractivity contribution < 1.29 is 4.92 Å². The Morgan fingerprint density at radius 3 is 2.76 bits per heavy atom. The molecule has 1 aromatic rings. The van der Waals surface area contributed by atoms with Crippen LogP contribution in [0.3, 0.4) is 0 Å². The smallest absolute Gasteiger partial charge is 0.311 e. The Bertz CT molecular complexity index is 462. The van der Waals surface area contributed by atoms with Crippen LogP contribution in [-0.4, -0.2) is 23.0 Å². The number of hydrogen-bond donors (Lipinski definition) is 0. The van der Waals surface area contributed by atoms with Crippen LogP contribution in [-0.2, 0) is 0 Å². The molecule has 0 aliphatic carbocycles. The van der Waals surface area contributed by atoms with Crippen LogP contribution in [0.1, 0.15) is 20.3 Å². The Balaban J connectivity index is 2.38. The summed E-state index contributed by atoms with van der Waals surface area (Å²) in [5.74, 6) is 0.382. The van der Waals surface area contributed by atoms with Crippen LogP contribution in [0.5, 0.6) is 0 Å². The third kappa shape index (κ3) is 2.49. The van der Waals surface area contributed by atoms with E-state index in [1.165, 1.54) is 12.1 Å². The number of nitro groups is 1. The molecule has 0 N–H and O–H groups in total. The largest absolute Gasteiger partial charge is 0.350 e. The number of aromatic nitrogens is 1. The van der Waals surface area contributed by atoms with Crippen molar-refractivity contribution >= 4 is 23.1 Å². The number of rotatable bonds is 2. The molecule has 2 rings (SSSR count). The number of anilines is 1. The van der Waals surface area contributed by atoms with Crippen molar-refractivity contribution in [2.45, 2.75) is 20.3 Å². The van der Waals surface area contributed by atoms with Crippen molar-refractivity contribution in [2.75, 3.05) is 18.0 Å². The zero-order valence-corrected chi connectivity index (χ0v) is 10.6. The maximum atomic E-state index is 10.9. The molecule has 0 amide bonds. The van der Waals surface area contributed by atoms with Gasteiger partial charge in [0.05, 0.1) is 4.92 Å². The Labute approximate surface area is 105 Å². The molecular formula is C11H14ClN3O2. The minimum absolute atomic E-state index is 0.0205. The van der Waals surface area contributed by atoms with E-state index in [9.17, 15) is 10.1 Å². The third-order valence-electron chi connectivity index (χ3n) is 2.99. The maximum Gasteiger partial charge on any atom is 0.311 e. The van der Waals surface area contributed by atoms with E-state index < -0.39 is 4.92 Å². The van der Waals surface area contributed by atoms with Crippen LogP contribution in [0.2, 0.25) is 5.15 Å². The SMILES string of the molecule is CC1(C)CCN(c2nc(Cl)ccc2[N+](=O)[O-])C1. The zero-order valence-electron chi connectivity index (χ0n) is 9.81. The molecule has 0 bridgehead atoms. The average Bonchev–Trinajstić information content (AvgIpc) is 2.58. The fourth-order valence-electron chi connectivity index (χ4n) is 2.09. The molecule has 1 aliphatic rings. The Kier molecular flexibility index (Phi) is 2.95. The van der Waals surface area contributed by atoms with Gasteiger partial charge in [0.1, 0.15) is 5.15 Å². The van der Waals surface area contributed by atoms with Crippen LogP contribution < -0.4 is 4.90 Å². The molecule has 1 saturated heterocycles. The Morgan fingerprint density at radius 2 is 2.24 bits per heavy atom. The van der Waals surface area contributed by atoms with Crippen molar-refractivity contribution in [3.8, 4) is 0 Å². The molecule has 5 nitrogen and oxygen atoms in total. The van der Waals surface area contributed by atoms with Gasteiger partial charge >= 0.3 is 5.69 Å². The summed E-state index contributed by atoms with van der Waals surface area (Å²) in [5.41, 5.74) is 0.185. The van der Waals surface area contributed by atoms with Gasteiger partial charge in [-0.05, 0) is 17.9 Å². The summed E-state index contributed by atoms with van der Waals surface area (Å²) in [7, 11) is 0. The molecule has 0 unspecified atom stereocenters. The van der Waals surface area contributed by atoms with Gasteiger partial charge in [-0.25, -0.2) is 4.98 Å². The van der Waals surface area contributed by atoms with E-state index in [1.807, 2.05) is 4.90 Å². The predicted molar refractivity (Wildman–Crippen MR) is 66.5 cm³/mol. The van der Waals surface area contributed by atoms with Gasteiger partial charge in [0, 0.05) is 19.2 Å². The molecule has 0 saturated carbocycles. The Morgan fingerprint density at radius 1 is 1.53 bits per heavy atom. The number of pyridine rings is 1. The summed E-state index contributed by atoms with van der Waals surface area (Å²) in [4.78, 5) is 16.6. The molecular weight excluding hydrogens is 242 g/mol. The summed E-state index contributed by atoms with van der Waals surface area (Å²) in [5, 5.41) is 11.2. The van der Waals surface area contributed by atoms with E-state index in [-0.39, 0.29) is 16.3 Å². The van der Waals surface area contributed by atoms with Gasteiger partial charge < -0.3 is 4.90 Å². The summed E-state index contributed by atoms with van der Waals surface area (Å²) >= 11 is 5.81. The lowest BCUT2D eigenvalue weighted by atomic mass is 9.93. The van der Waals surface area contributed by atoms with Gasteiger partial charge in [0.25, 0.3) is 0 Å². The normalized spacial score (nSPS) is 18.4. The Hall–Kier alpha value is -1.36. The molecule has 1 aliphatic heterocycles. The predicted octanol–water partition coefficient (Wildman–Crippen LogP) is 2.88. The topological polar surface area (TPSA) is 59.3 Å². The highest BCUT2D eigenvalue weighted by Gasteiger charge is 2.33. The van der Waals surface area contributed by atoms with Crippen molar-refractivity contribution in [2.24, 2.45) is 5.41 Å². The highest BCUT2D eigenvalue weighted by atomic mass is 35.5. The molecule has 1 fully saturated rings. The summed E-state index contributed by atoms with van der Waals surface area (Å²) < 4.78 is 0. The molecule has 2 heterocycles. The van der Waals surface area contributed by atoms with Gasteiger partial charge in [0.2, 0.25) is 5.82 Å². The lowest BCUT2D eigenvalue weighted by Gasteiger charge is -2.20. The fraction of sp³-hybridized carbons (Fsp3) is 0.545. The fourth-order valence-corrected chi connectivity index (χ4v) is 2.23. The third-order valence-corrected chi connectivity index (χ3v) is 3.20. The van der Waals surface area contributed by atoms with Crippen LogP contribution in [0, 0.1) is 15.5 Å². The van der Waals surface area contributed by atoms with Crippen molar-refractivity contribution in [1.29, 1.82) is 0 Å². The number of hydrogen-bond acceptors (Lipinski definition) is 4. The van der Waals surface area contributed by atoms with E-state index in [1.54, 1.807) is 0 Å². The first-order valence-electron chi connectivity index (χ1n) is 5.45. The van der Waals surface area contributed by atoms with E-state index in [0.717, 1.165) is 19.5 Å². The van der Waals surface area contributed by atoms with Crippen LogP contribution in [0.25, 0.3) is 0 Å².